The number of aliphatic hydroxyl groups excluding tert-OH is 1. The van der Waals surface area contributed by atoms with E-state index in [-0.39, 0.29) is 22.8 Å². The van der Waals surface area contributed by atoms with E-state index in [4.69, 9.17) is 10.2 Å². The molecule has 0 amide bonds. The summed E-state index contributed by atoms with van der Waals surface area (Å²) >= 11 is 0.777. The molecule has 9 heteroatoms. The minimum atomic E-state index is -3.86. The Morgan fingerprint density at radius 1 is 1.53 bits per heavy atom. The number of sulfonamides is 1. The Labute approximate surface area is 114 Å². The molecular formula is C10H14N2O5S2. The fourth-order valence-electron chi connectivity index (χ4n) is 1.81. The number of hydrogen-bond donors (Lipinski definition) is 3. The standard InChI is InChI=1S/C10H14N2O5S2/c13-4-3-10(1-2-10)5-12-19(16,17)9-7(8(14)15)11-6-18-9/h6,12-13H,1-5H2,(H,14,15). The van der Waals surface area contributed by atoms with Gasteiger partial charge in [0.2, 0.25) is 0 Å². The molecule has 0 spiro atoms. The molecule has 0 aromatic carbocycles. The highest BCUT2D eigenvalue weighted by molar-refractivity contribution is 7.91. The zero-order valence-electron chi connectivity index (χ0n) is 10.00. The fraction of sp³-hybridized carbons (Fsp3) is 0.600. The number of carboxylic acids is 1. The summed E-state index contributed by atoms with van der Waals surface area (Å²) in [4.78, 5) is 14.4. The van der Waals surface area contributed by atoms with Crippen molar-refractivity contribution in [3.8, 4) is 0 Å². The Morgan fingerprint density at radius 2 is 2.21 bits per heavy atom. The van der Waals surface area contributed by atoms with E-state index in [0.29, 0.717) is 6.42 Å². The van der Waals surface area contributed by atoms with Crippen LogP contribution in [0.15, 0.2) is 9.72 Å². The third-order valence-corrected chi connectivity index (χ3v) is 5.99. The number of rotatable bonds is 7. The van der Waals surface area contributed by atoms with Crippen LogP contribution in [-0.2, 0) is 10.0 Å². The highest BCUT2D eigenvalue weighted by Crippen LogP contribution is 2.48. The molecule has 3 N–H and O–H groups in total. The van der Waals surface area contributed by atoms with Gasteiger partial charge in [0.25, 0.3) is 10.0 Å². The van der Waals surface area contributed by atoms with Crippen molar-refractivity contribution in [2.24, 2.45) is 5.41 Å². The molecule has 1 aliphatic carbocycles. The van der Waals surface area contributed by atoms with Gasteiger partial charge in [0.05, 0.1) is 5.51 Å². The van der Waals surface area contributed by atoms with Gasteiger partial charge in [0.15, 0.2) is 9.90 Å². The third-order valence-electron chi connectivity index (χ3n) is 3.22. The number of carboxylic acid groups (broad SMARTS) is 1. The second kappa shape index (κ2) is 5.16. The maximum absolute atomic E-state index is 12.0. The van der Waals surface area contributed by atoms with Crippen molar-refractivity contribution in [2.45, 2.75) is 23.5 Å². The number of aliphatic hydroxyl groups is 1. The Bertz CT molecular complexity index is 576. The van der Waals surface area contributed by atoms with Gasteiger partial charge in [-0.15, -0.1) is 11.3 Å². The second-order valence-corrected chi connectivity index (χ2v) is 7.41. The molecule has 1 aliphatic rings. The van der Waals surface area contributed by atoms with Gasteiger partial charge in [-0.3, -0.25) is 0 Å². The third kappa shape index (κ3) is 3.11. The van der Waals surface area contributed by atoms with E-state index in [1.165, 1.54) is 5.51 Å². The summed E-state index contributed by atoms with van der Waals surface area (Å²) < 4.78 is 26.2. The lowest BCUT2D eigenvalue weighted by Crippen LogP contribution is -2.31. The lowest BCUT2D eigenvalue weighted by atomic mass is 10.0. The SMILES string of the molecule is O=C(O)c1ncsc1S(=O)(=O)NCC1(CCO)CC1. The van der Waals surface area contributed by atoms with Crippen LogP contribution in [-0.4, -0.2) is 42.7 Å². The Hall–Kier alpha value is -1.03. The number of nitrogens with one attached hydrogen (secondary N) is 1. The number of aromatic carboxylic acids is 1. The molecule has 1 aromatic rings. The first-order chi connectivity index (χ1) is 8.90. The first kappa shape index (κ1) is 14.4. The van der Waals surface area contributed by atoms with Crippen molar-refractivity contribution in [2.75, 3.05) is 13.2 Å². The molecule has 0 unspecified atom stereocenters. The molecule has 106 valence electrons. The molecule has 19 heavy (non-hydrogen) atoms. The first-order valence-corrected chi connectivity index (χ1v) is 8.04. The Balaban J connectivity index is 2.10. The highest BCUT2D eigenvalue weighted by Gasteiger charge is 2.42. The van der Waals surface area contributed by atoms with Crippen LogP contribution in [0.3, 0.4) is 0 Å². The smallest absolute Gasteiger partial charge is 0.356 e. The molecule has 0 aliphatic heterocycles. The van der Waals surface area contributed by atoms with Gasteiger partial charge in [-0.1, -0.05) is 0 Å². The average Bonchev–Trinajstić information content (AvgIpc) is 2.92. The molecule has 2 rings (SSSR count). The van der Waals surface area contributed by atoms with E-state index in [2.05, 4.69) is 9.71 Å². The summed E-state index contributed by atoms with van der Waals surface area (Å²) in [5.41, 5.74) is 0.568. The summed E-state index contributed by atoms with van der Waals surface area (Å²) in [6.07, 6.45) is 2.28. The van der Waals surface area contributed by atoms with Crippen molar-refractivity contribution in [1.29, 1.82) is 0 Å². The molecule has 0 radical (unpaired) electrons. The van der Waals surface area contributed by atoms with Crippen LogP contribution in [0, 0.1) is 5.41 Å². The summed E-state index contributed by atoms with van der Waals surface area (Å²) in [5.74, 6) is -1.36. The number of aromatic nitrogens is 1. The van der Waals surface area contributed by atoms with Crippen LogP contribution < -0.4 is 4.72 Å². The zero-order chi connectivity index (χ0) is 14.1. The maximum atomic E-state index is 12.0. The van der Waals surface area contributed by atoms with Crippen LogP contribution in [0.4, 0.5) is 0 Å². The number of carbonyl (C=O) groups is 1. The van der Waals surface area contributed by atoms with Crippen molar-refractivity contribution < 1.29 is 23.4 Å². The molecular weight excluding hydrogens is 292 g/mol. The lowest BCUT2D eigenvalue weighted by Gasteiger charge is -2.14. The summed E-state index contributed by atoms with van der Waals surface area (Å²) in [6.45, 7) is 0.232. The minimum absolute atomic E-state index is 0.0165. The largest absolute Gasteiger partial charge is 0.476 e. The first-order valence-electron chi connectivity index (χ1n) is 5.67. The molecule has 0 saturated heterocycles. The Kier molecular flexibility index (Phi) is 3.90. The molecule has 1 aromatic heterocycles. The van der Waals surface area contributed by atoms with E-state index in [1.807, 2.05) is 0 Å². The van der Waals surface area contributed by atoms with Gasteiger partial charge in [0.1, 0.15) is 0 Å². The number of thiazole rings is 1. The molecule has 0 bridgehead atoms. The molecule has 7 nitrogen and oxygen atoms in total. The monoisotopic (exact) mass is 306 g/mol. The van der Waals surface area contributed by atoms with E-state index >= 15 is 0 Å². The van der Waals surface area contributed by atoms with Crippen LogP contribution in [0.25, 0.3) is 0 Å². The van der Waals surface area contributed by atoms with Gasteiger partial charge in [0, 0.05) is 13.2 Å². The predicted octanol–water partition coefficient (Wildman–Crippen LogP) is 0.282. The van der Waals surface area contributed by atoms with Crippen molar-refractivity contribution in [1.82, 2.24) is 9.71 Å². The summed E-state index contributed by atoms with van der Waals surface area (Å²) in [6, 6.07) is 0. The van der Waals surface area contributed by atoms with Crippen LogP contribution in [0.2, 0.25) is 0 Å². The summed E-state index contributed by atoms with van der Waals surface area (Å²) in [5, 5.41) is 17.8. The van der Waals surface area contributed by atoms with Crippen molar-refractivity contribution in [3.63, 3.8) is 0 Å². The molecule has 1 saturated carbocycles. The van der Waals surface area contributed by atoms with Crippen LogP contribution in [0.1, 0.15) is 29.8 Å². The van der Waals surface area contributed by atoms with Crippen molar-refractivity contribution >= 4 is 27.3 Å². The number of hydrogen-bond acceptors (Lipinski definition) is 6. The predicted molar refractivity (Wildman–Crippen MR) is 67.6 cm³/mol. The molecule has 1 fully saturated rings. The van der Waals surface area contributed by atoms with Crippen LogP contribution >= 0.6 is 11.3 Å². The van der Waals surface area contributed by atoms with Gasteiger partial charge in [-0.05, 0) is 24.7 Å². The quantitative estimate of drug-likeness (QED) is 0.666. The normalized spacial score (nSPS) is 17.3. The van der Waals surface area contributed by atoms with Gasteiger partial charge in [-0.2, -0.15) is 0 Å². The minimum Gasteiger partial charge on any atom is -0.476 e. The average molecular weight is 306 g/mol. The van der Waals surface area contributed by atoms with Crippen LogP contribution in [0.5, 0.6) is 0 Å². The molecule has 0 atom stereocenters. The highest BCUT2D eigenvalue weighted by atomic mass is 32.2. The van der Waals surface area contributed by atoms with E-state index < -0.39 is 21.7 Å². The van der Waals surface area contributed by atoms with Crippen molar-refractivity contribution in [3.05, 3.63) is 11.2 Å². The van der Waals surface area contributed by atoms with Gasteiger partial charge < -0.3 is 10.2 Å². The number of nitrogens with zero attached hydrogens (tertiary/aromatic N) is 1. The van der Waals surface area contributed by atoms with E-state index in [1.54, 1.807) is 0 Å². The summed E-state index contributed by atoms with van der Waals surface area (Å²) in [7, 11) is -3.86. The maximum Gasteiger partial charge on any atom is 0.356 e. The zero-order valence-corrected chi connectivity index (χ0v) is 11.6. The molecule has 1 heterocycles. The van der Waals surface area contributed by atoms with E-state index in [0.717, 1.165) is 24.2 Å². The second-order valence-electron chi connectivity index (χ2n) is 4.59. The van der Waals surface area contributed by atoms with E-state index in [9.17, 15) is 13.2 Å². The lowest BCUT2D eigenvalue weighted by molar-refractivity contribution is 0.0687. The topological polar surface area (TPSA) is 117 Å². The van der Waals surface area contributed by atoms with Gasteiger partial charge in [-0.25, -0.2) is 22.9 Å². The fourth-order valence-corrected chi connectivity index (χ4v) is 4.15. The van der Waals surface area contributed by atoms with Gasteiger partial charge >= 0.3 is 5.97 Å². The Morgan fingerprint density at radius 3 is 2.74 bits per heavy atom.